The van der Waals surface area contributed by atoms with E-state index in [1.807, 2.05) is 6.92 Å². The number of likely N-dealkylation sites (N-methyl/N-ethyl adjacent to an activating group) is 1. The molecule has 0 saturated carbocycles. The predicted octanol–water partition coefficient (Wildman–Crippen LogP) is 3.60. The quantitative estimate of drug-likeness (QED) is 0.877. The third-order valence-electron chi connectivity index (χ3n) is 3.47. The van der Waals surface area contributed by atoms with E-state index in [0.717, 1.165) is 12.1 Å². The fourth-order valence-corrected chi connectivity index (χ4v) is 2.41. The molecule has 0 bridgehead atoms. The molecule has 1 amide bonds. The number of halogens is 2. The molecule has 24 heavy (non-hydrogen) atoms. The number of carbonyl (C=O) groups excluding carboxylic acids is 1. The summed E-state index contributed by atoms with van der Waals surface area (Å²) in [4.78, 5) is 14.0. The molecule has 2 aromatic rings. The number of nitrogens with zero attached hydrogens (tertiary/aromatic N) is 1. The van der Waals surface area contributed by atoms with Crippen LogP contribution in [0.2, 0.25) is 0 Å². The Hall–Kier alpha value is -2.47. The van der Waals surface area contributed by atoms with Crippen molar-refractivity contribution in [1.82, 2.24) is 4.90 Å². The molecule has 0 aliphatic carbocycles. The van der Waals surface area contributed by atoms with Crippen molar-refractivity contribution in [1.29, 1.82) is 0 Å². The number of nitrogens with one attached hydrogen (secondary N) is 1. The molecule has 0 aliphatic rings. The standard InChI is InChI=1S/C18H20F2N2O2/c1-4-24-13-10-8-12(9-11-13)21-18(23)17(22(2)3)16-14(19)6-5-7-15(16)20/h5-11,17H,4H2,1-3H3,(H,21,23)/t17-/m1/s1. The van der Waals surface area contributed by atoms with Gasteiger partial charge in [-0.1, -0.05) is 6.07 Å². The lowest BCUT2D eigenvalue weighted by atomic mass is 10.0. The number of hydrogen-bond donors (Lipinski definition) is 1. The van der Waals surface area contributed by atoms with E-state index in [0.29, 0.717) is 18.0 Å². The number of amides is 1. The maximum absolute atomic E-state index is 14.0. The van der Waals surface area contributed by atoms with E-state index in [4.69, 9.17) is 4.74 Å². The topological polar surface area (TPSA) is 41.6 Å². The van der Waals surface area contributed by atoms with E-state index in [-0.39, 0.29) is 5.56 Å². The SMILES string of the molecule is CCOc1ccc(NC(=O)[C@@H](c2c(F)cccc2F)N(C)C)cc1. The van der Waals surface area contributed by atoms with Gasteiger partial charge in [0, 0.05) is 5.69 Å². The minimum absolute atomic E-state index is 0.272. The Labute approximate surface area is 140 Å². The number of hydrogen-bond acceptors (Lipinski definition) is 3. The number of benzene rings is 2. The zero-order valence-corrected chi connectivity index (χ0v) is 13.8. The Kier molecular flexibility index (Phi) is 5.87. The van der Waals surface area contributed by atoms with E-state index in [1.54, 1.807) is 38.4 Å². The lowest BCUT2D eigenvalue weighted by Gasteiger charge is -2.24. The highest BCUT2D eigenvalue weighted by atomic mass is 19.1. The van der Waals surface area contributed by atoms with Crippen LogP contribution in [0, 0.1) is 11.6 Å². The maximum atomic E-state index is 14.0. The van der Waals surface area contributed by atoms with E-state index in [2.05, 4.69) is 5.32 Å². The van der Waals surface area contributed by atoms with Crippen molar-refractivity contribution in [3.05, 3.63) is 59.7 Å². The average molecular weight is 334 g/mol. The first-order valence-corrected chi connectivity index (χ1v) is 7.58. The van der Waals surface area contributed by atoms with E-state index >= 15 is 0 Å². The van der Waals surface area contributed by atoms with Crippen LogP contribution >= 0.6 is 0 Å². The molecule has 6 heteroatoms. The lowest BCUT2D eigenvalue weighted by molar-refractivity contribution is -0.120. The van der Waals surface area contributed by atoms with Crippen molar-refractivity contribution in [3.63, 3.8) is 0 Å². The number of ether oxygens (including phenoxy) is 1. The van der Waals surface area contributed by atoms with Crippen LogP contribution in [0.5, 0.6) is 5.75 Å². The third kappa shape index (κ3) is 4.08. The Morgan fingerprint density at radius 2 is 1.71 bits per heavy atom. The van der Waals surface area contributed by atoms with Gasteiger partial charge in [0.15, 0.2) is 0 Å². The van der Waals surface area contributed by atoms with Crippen molar-refractivity contribution in [2.45, 2.75) is 13.0 Å². The molecule has 0 fully saturated rings. The smallest absolute Gasteiger partial charge is 0.246 e. The van der Waals surface area contributed by atoms with Crippen LogP contribution in [0.4, 0.5) is 14.5 Å². The van der Waals surface area contributed by atoms with E-state index in [9.17, 15) is 13.6 Å². The molecule has 4 nitrogen and oxygen atoms in total. The molecule has 1 atom stereocenters. The molecule has 128 valence electrons. The third-order valence-corrected chi connectivity index (χ3v) is 3.47. The summed E-state index contributed by atoms with van der Waals surface area (Å²) < 4.78 is 33.4. The second-order valence-electron chi connectivity index (χ2n) is 5.45. The zero-order chi connectivity index (χ0) is 17.7. The molecule has 0 saturated heterocycles. The van der Waals surface area contributed by atoms with Crippen LogP contribution in [-0.4, -0.2) is 31.5 Å². The van der Waals surface area contributed by atoms with Gasteiger partial charge in [0.05, 0.1) is 12.2 Å². The van der Waals surface area contributed by atoms with Gasteiger partial charge in [-0.3, -0.25) is 9.69 Å². The van der Waals surface area contributed by atoms with Gasteiger partial charge < -0.3 is 10.1 Å². The molecular weight excluding hydrogens is 314 g/mol. The van der Waals surface area contributed by atoms with E-state index < -0.39 is 23.6 Å². The monoisotopic (exact) mass is 334 g/mol. The van der Waals surface area contributed by atoms with Gasteiger partial charge in [-0.25, -0.2) is 8.78 Å². The molecule has 0 heterocycles. The van der Waals surface area contributed by atoms with Crippen molar-refractivity contribution < 1.29 is 18.3 Å². The normalized spacial score (nSPS) is 12.1. The molecule has 0 spiro atoms. The zero-order valence-electron chi connectivity index (χ0n) is 13.8. The van der Waals surface area contributed by atoms with Gasteiger partial charge in [-0.05, 0) is 57.4 Å². The molecular formula is C18H20F2N2O2. The van der Waals surface area contributed by atoms with Crippen LogP contribution < -0.4 is 10.1 Å². The predicted molar refractivity (Wildman–Crippen MR) is 89.0 cm³/mol. The van der Waals surface area contributed by atoms with Gasteiger partial charge in [0.2, 0.25) is 5.91 Å². The van der Waals surface area contributed by atoms with Crippen LogP contribution in [0.3, 0.4) is 0 Å². The summed E-state index contributed by atoms with van der Waals surface area (Å²) in [7, 11) is 3.18. The minimum atomic E-state index is -1.09. The summed E-state index contributed by atoms with van der Waals surface area (Å²) in [5.41, 5.74) is 0.248. The molecule has 0 aliphatic heterocycles. The summed E-state index contributed by atoms with van der Waals surface area (Å²) in [5.74, 6) is -1.35. The fraction of sp³-hybridized carbons (Fsp3) is 0.278. The van der Waals surface area contributed by atoms with Crippen molar-refractivity contribution in [2.24, 2.45) is 0 Å². The number of carbonyl (C=O) groups is 1. The molecule has 1 N–H and O–H groups in total. The Bertz CT molecular complexity index is 682. The molecule has 0 unspecified atom stereocenters. The van der Waals surface area contributed by atoms with E-state index in [1.165, 1.54) is 11.0 Å². The first kappa shape index (κ1) is 17.9. The first-order chi connectivity index (χ1) is 11.4. The Morgan fingerprint density at radius 1 is 1.12 bits per heavy atom. The average Bonchev–Trinajstić information content (AvgIpc) is 2.52. The Balaban J connectivity index is 2.24. The van der Waals surface area contributed by atoms with Gasteiger partial charge >= 0.3 is 0 Å². The summed E-state index contributed by atoms with van der Waals surface area (Å²) in [6.45, 7) is 2.42. The van der Waals surface area contributed by atoms with Gasteiger partial charge in [0.25, 0.3) is 0 Å². The first-order valence-electron chi connectivity index (χ1n) is 7.58. The number of anilines is 1. The van der Waals surface area contributed by atoms with Gasteiger partial charge in [-0.2, -0.15) is 0 Å². The molecule has 0 aromatic heterocycles. The van der Waals surface area contributed by atoms with Crippen LogP contribution in [0.15, 0.2) is 42.5 Å². The van der Waals surface area contributed by atoms with Gasteiger partial charge in [-0.15, -0.1) is 0 Å². The minimum Gasteiger partial charge on any atom is -0.494 e. The number of rotatable bonds is 6. The highest BCUT2D eigenvalue weighted by Gasteiger charge is 2.29. The molecule has 2 rings (SSSR count). The van der Waals surface area contributed by atoms with Gasteiger partial charge in [0.1, 0.15) is 23.4 Å². The second kappa shape index (κ2) is 7.88. The van der Waals surface area contributed by atoms with Crippen molar-refractivity contribution in [3.8, 4) is 5.75 Å². The summed E-state index contributed by atoms with van der Waals surface area (Å²) >= 11 is 0. The summed E-state index contributed by atoms with van der Waals surface area (Å²) in [6, 6.07) is 9.24. The summed E-state index contributed by atoms with van der Waals surface area (Å²) in [5, 5.41) is 2.68. The lowest BCUT2D eigenvalue weighted by Crippen LogP contribution is -2.33. The van der Waals surface area contributed by atoms with Crippen LogP contribution in [-0.2, 0) is 4.79 Å². The second-order valence-corrected chi connectivity index (χ2v) is 5.45. The van der Waals surface area contributed by atoms with Crippen LogP contribution in [0.25, 0.3) is 0 Å². The van der Waals surface area contributed by atoms with Crippen molar-refractivity contribution in [2.75, 3.05) is 26.0 Å². The fourth-order valence-electron chi connectivity index (χ4n) is 2.41. The highest BCUT2D eigenvalue weighted by molar-refractivity contribution is 5.95. The van der Waals surface area contributed by atoms with Crippen molar-refractivity contribution >= 4 is 11.6 Å². The highest BCUT2D eigenvalue weighted by Crippen LogP contribution is 2.26. The van der Waals surface area contributed by atoms with Crippen LogP contribution in [0.1, 0.15) is 18.5 Å². The molecule has 2 aromatic carbocycles. The largest absolute Gasteiger partial charge is 0.494 e. The summed E-state index contributed by atoms with van der Waals surface area (Å²) in [6.07, 6.45) is 0. The Morgan fingerprint density at radius 3 is 2.21 bits per heavy atom. The maximum Gasteiger partial charge on any atom is 0.246 e. The molecule has 0 radical (unpaired) electrons.